The molecule has 3 aromatic rings. The maximum absolute atomic E-state index is 14.7. The molecule has 1 saturated carbocycles. The summed E-state index contributed by atoms with van der Waals surface area (Å²) in [6.45, 7) is 1.69. The lowest BCUT2D eigenvalue weighted by molar-refractivity contribution is -0.173. The fourth-order valence-corrected chi connectivity index (χ4v) is 5.51. The summed E-state index contributed by atoms with van der Waals surface area (Å²) in [5.74, 6) is -2.24. The Morgan fingerprint density at radius 2 is 1.74 bits per heavy atom. The van der Waals surface area contributed by atoms with E-state index in [0.717, 1.165) is 23.7 Å². The van der Waals surface area contributed by atoms with Crippen molar-refractivity contribution >= 4 is 22.7 Å². The Kier molecular flexibility index (Phi) is 7.66. The van der Waals surface area contributed by atoms with Gasteiger partial charge in [-0.1, -0.05) is 24.3 Å². The van der Waals surface area contributed by atoms with Gasteiger partial charge in [0, 0.05) is 50.4 Å². The van der Waals surface area contributed by atoms with E-state index in [1.165, 1.54) is 23.8 Å². The number of amides is 2. The molecular formula is C29H31F4N3O3. The number of nitrogens with one attached hydrogen (secondary N) is 1. The van der Waals surface area contributed by atoms with E-state index < -0.39 is 17.9 Å². The summed E-state index contributed by atoms with van der Waals surface area (Å²) in [6, 6.07) is 10.3. The highest BCUT2D eigenvalue weighted by atomic mass is 19.4. The molecule has 10 heteroatoms. The molecule has 2 aliphatic rings. The molecule has 0 radical (unpaired) electrons. The van der Waals surface area contributed by atoms with Crippen LogP contribution in [-0.2, 0) is 22.6 Å². The summed E-state index contributed by atoms with van der Waals surface area (Å²) in [6.07, 6.45) is 0.232. The summed E-state index contributed by atoms with van der Waals surface area (Å²) in [5.41, 5.74) is 3.69. The number of rotatable bonds is 8. The molecule has 1 aliphatic heterocycles. The fourth-order valence-electron chi connectivity index (χ4n) is 5.51. The van der Waals surface area contributed by atoms with E-state index in [9.17, 15) is 27.2 Å². The number of methoxy groups -OCH3 is 1. The highest BCUT2D eigenvalue weighted by Crippen LogP contribution is 2.44. The van der Waals surface area contributed by atoms with Crippen LogP contribution in [0.4, 0.5) is 17.6 Å². The van der Waals surface area contributed by atoms with Gasteiger partial charge in [-0.3, -0.25) is 9.59 Å². The van der Waals surface area contributed by atoms with E-state index in [0.29, 0.717) is 61.7 Å². The number of piperidine rings is 1. The van der Waals surface area contributed by atoms with Gasteiger partial charge >= 0.3 is 12.1 Å². The number of alkyl halides is 3. The van der Waals surface area contributed by atoms with E-state index in [1.807, 2.05) is 23.6 Å². The van der Waals surface area contributed by atoms with Crippen molar-refractivity contribution in [1.29, 1.82) is 0 Å². The lowest BCUT2D eigenvalue weighted by Gasteiger charge is -2.32. The molecule has 2 amide bonds. The van der Waals surface area contributed by atoms with Crippen molar-refractivity contribution in [2.45, 2.75) is 56.8 Å². The standard InChI is InChI=1S/C29H31F4N3O3/c1-39-14-13-36-17-23(26-21(19-6-7-19)3-2-4-25(26)36)27(37)35-11-9-20(10-12-35)22-15-18(5-8-24(22)30)16-34-28(38)29(31,32)33/h2-5,8,15,17,19-20H,6-7,9-14,16H2,1H3,(H,34,38). The molecule has 6 nitrogen and oxygen atoms in total. The smallest absolute Gasteiger partial charge is 0.383 e. The first kappa shape index (κ1) is 27.2. The molecule has 5 rings (SSSR count). The van der Waals surface area contributed by atoms with E-state index in [-0.39, 0.29) is 18.4 Å². The van der Waals surface area contributed by atoms with Crippen molar-refractivity contribution in [1.82, 2.24) is 14.8 Å². The van der Waals surface area contributed by atoms with Gasteiger partial charge in [0.1, 0.15) is 5.82 Å². The Bertz CT molecular complexity index is 1370. The minimum Gasteiger partial charge on any atom is -0.383 e. The molecule has 208 valence electrons. The number of hydrogen-bond donors (Lipinski definition) is 1. The number of carbonyl (C=O) groups is 2. The Morgan fingerprint density at radius 3 is 2.41 bits per heavy atom. The monoisotopic (exact) mass is 545 g/mol. The molecule has 39 heavy (non-hydrogen) atoms. The van der Waals surface area contributed by atoms with Crippen LogP contribution in [-0.4, -0.2) is 54.3 Å². The second kappa shape index (κ2) is 11.0. The summed E-state index contributed by atoms with van der Waals surface area (Å²) in [4.78, 5) is 26.7. The number of benzene rings is 2. The molecule has 0 unspecified atom stereocenters. The minimum atomic E-state index is -4.97. The third-order valence-electron chi connectivity index (χ3n) is 7.72. The molecule has 1 aromatic heterocycles. The van der Waals surface area contributed by atoms with Crippen LogP contribution in [0.15, 0.2) is 42.6 Å². The molecule has 0 spiro atoms. The zero-order chi connectivity index (χ0) is 27.7. The molecular weight excluding hydrogens is 514 g/mol. The Hall–Kier alpha value is -3.40. The van der Waals surface area contributed by atoms with E-state index in [4.69, 9.17) is 4.74 Å². The van der Waals surface area contributed by atoms with Gasteiger partial charge in [-0.25, -0.2) is 4.39 Å². The van der Waals surface area contributed by atoms with Crippen LogP contribution in [0.2, 0.25) is 0 Å². The zero-order valence-corrected chi connectivity index (χ0v) is 21.7. The third kappa shape index (κ3) is 5.80. The largest absolute Gasteiger partial charge is 0.471 e. The number of aromatic nitrogens is 1. The summed E-state index contributed by atoms with van der Waals surface area (Å²) >= 11 is 0. The van der Waals surface area contributed by atoms with Gasteiger partial charge in [-0.15, -0.1) is 0 Å². The second-order valence-electron chi connectivity index (χ2n) is 10.3. The summed E-state index contributed by atoms with van der Waals surface area (Å²) in [7, 11) is 1.65. The predicted molar refractivity (Wildman–Crippen MR) is 138 cm³/mol. The zero-order valence-electron chi connectivity index (χ0n) is 21.7. The Labute approximate surface area is 223 Å². The quantitative estimate of drug-likeness (QED) is 0.380. The molecule has 0 bridgehead atoms. The van der Waals surface area contributed by atoms with Crippen LogP contribution < -0.4 is 5.32 Å². The molecule has 0 atom stereocenters. The molecule has 1 N–H and O–H groups in total. The summed E-state index contributed by atoms with van der Waals surface area (Å²) < 4.78 is 59.6. The van der Waals surface area contributed by atoms with Crippen LogP contribution in [0.3, 0.4) is 0 Å². The van der Waals surface area contributed by atoms with Gasteiger partial charge < -0.3 is 19.5 Å². The van der Waals surface area contributed by atoms with Crippen LogP contribution in [0.1, 0.15) is 64.6 Å². The molecule has 2 aromatic carbocycles. The van der Waals surface area contributed by atoms with Crippen molar-refractivity contribution in [2.75, 3.05) is 26.8 Å². The number of fused-ring (bicyclic) bond motifs is 1. The number of ether oxygens (including phenoxy) is 1. The van der Waals surface area contributed by atoms with Gasteiger partial charge in [0.2, 0.25) is 0 Å². The number of hydrogen-bond acceptors (Lipinski definition) is 3. The molecule has 1 aliphatic carbocycles. The maximum atomic E-state index is 14.7. The third-order valence-corrected chi connectivity index (χ3v) is 7.72. The highest BCUT2D eigenvalue weighted by molar-refractivity contribution is 6.08. The average molecular weight is 546 g/mol. The number of carbonyl (C=O) groups excluding carboxylic acids is 2. The van der Waals surface area contributed by atoms with E-state index in [1.54, 1.807) is 12.0 Å². The molecule has 1 saturated heterocycles. The van der Waals surface area contributed by atoms with Crippen molar-refractivity contribution < 1.29 is 31.9 Å². The van der Waals surface area contributed by atoms with Crippen molar-refractivity contribution in [3.05, 3.63) is 70.7 Å². The first-order valence-electron chi connectivity index (χ1n) is 13.2. The Morgan fingerprint density at radius 1 is 1.03 bits per heavy atom. The Balaban J connectivity index is 1.31. The average Bonchev–Trinajstić information content (AvgIpc) is 3.71. The topological polar surface area (TPSA) is 63.6 Å². The minimum absolute atomic E-state index is 0.0493. The fraction of sp³-hybridized carbons (Fsp3) is 0.448. The molecule has 2 fully saturated rings. The first-order chi connectivity index (χ1) is 18.7. The first-order valence-corrected chi connectivity index (χ1v) is 13.2. The lowest BCUT2D eigenvalue weighted by Crippen LogP contribution is -2.38. The lowest BCUT2D eigenvalue weighted by atomic mass is 9.88. The molecule has 2 heterocycles. The van der Waals surface area contributed by atoms with Crippen LogP contribution in [0.25, 0.3) is 10.9 Å². The van der Waals surface area contributed by atoms with Crippen molar-refractivity contribution in [3.8, 4) is 0 Å². The number of halogens is 4. The van der Waals surface area contributed by atoms with E-state index in [2.05, 4.69) is 10.6 Å². The van der Waals surface area contributed by atoms with Gasteiger partial charge in [0.15, 0.2) is 0 Å². The van der Waals surface area contributed by atoms with Gasteiger partial charge in [-0.05, 0) is 66.3 Å². The van der Waals surface area contributed by atoms with Crippen molar-refractivity contribution in [3.63, 3.8) is 0 Å². The summed E-state index contributed by atoms with van der Waals surface area (Å²) in [5, 5.41) is 2.83. The van der Waals surface area contributed by atoms with Gasteiger partial charge in [0.25, 0.3) is 5.91 Å². The number of likely N-dealkylation sites (tertiary alicyclic amines) is 1. The normalized spacial score (nSPS) is 16.6. The van der Waals surface area contributed by atoms with Crippen molar-refractivity contribution in [2.24, 2.45) is 0 Å². The second-order valence-corrected chi connectivity index (χ2v) is 10.3. The van der Waals surface area contributed by atoms with Gasteiger partial charge in [-0.2, -0.15) is 13.2 Å². The van der Waals surface area contributed by atoms with Crippen LogP contribution >= 0.6 is 0 Å². The van der Waals surface area contributed by atoms with Crippen LogP contribution in [0.5, 0.6) is 0 Å². The number of nitrogens with zero attached hydrogens (tertiary/aromatic N) is 2. The predicted octanol–water partition coefficient (Wildman–Crippen LogP) is 5.50. The highest BCUT2D eigenvalue weighted by Gasteiger charge is 2.38. The van der Waals surface area contributed by atoms with Crippen LogP contribution in [0, 0.1) is 5.82 Å². The van der Waals surface area contributed by atoms with E-state index >= 15 is 0 Å². The maximum Gasteiger partial charge on any atom is 0.471 e. The van der Waals surface area contributed by atoms with Gasteiger partial charge in [0.05, 0.1) is 12.2 Å². The SMILES string of the molecule is COCCn1cc(C(=O)N2CCC(c3cc(CNC(=O)C(F)(F)F)ccc3F)CC2)c2c(C3CC3)cccc21.